The molecular weight excluding hydrogens is 90.1 g/mol. The zero-order valence-corrected chi connectivity index (χ0v) is 3.55. The van der Waals surface area contributed by atoms with Crippen LogP contribution in [0, 0.1) is 12.0 Å². The molecule has 1 N–H and O–H groups in total. The van der Waals surface area contributed by atoms with Crippen molar-refractivity contribution in [3.05, 3.63) is 23.8 Å². The van der Waals surface area contributed by atoms with Gasteiger partial charge in [0.1, 0.15) is 0 Å². The summed E-state index contributed by atoms with van der Waals surface area (Å²) in [6.45, 7) is 6.17. The van der Waals surface area contributed by atoms with Gasteiger partial charge in [0, 0.05) is 6.20 Å². The Labute approximate surface area is 41.3 Å². The van der Waals surface area contributed by atoms with Crippen molar-refractivity contribution in [3.8, 4) is 0 Å². The first-order valence-corrected chi connectivity index (χ1v) is 1.55. The molecule has 0 aliphatic rings. The van der Waals surface area contributed by atoms with Gasteiger partial charge in [-0.1, -0.05) is 0 Å². The summed E-state index contributed by atoms with van der Waals surface area (Å²) in [5, 5.41) is 6.21. The maximum atomic E-state index is 6.21. The van der Waals surface area contributed by atoms with Gasteiger partial charge in [0.05, 0.1) is 12.6 Å². The minimum absolute atomic E-state index is 1.15. The second-order valence-corrected chi connectivity index (χ2v) is 0.668. The second kappa shape index (κ2) is 4.61. The fourth-order valence-corrected chi connectivity index (χ4v) is 0.104. The molecule has 0 aromatic carbocycles. The van der Waals surface area contributed by atoms with E-state index in [1.165, 1.54) is 6.20 Å². The number of nitrogens with zero attached hydrogens (tertiary/aromatic N) is 2. The van der Waals surface area contributed by atoms with Crippen molar-refractivity contribution in [2.75, 3.05) is 0 Å². The Hall–Kier alpha value is -1.39. The smallest absolute Gasteiger partial charge is 0.172 e. The first-order chi connectivity index (χ1) is 3.41. The normalized spacial score (nSPS) is 7.29. The van der Waals surface area contributed by atoms with Gasteiger partial charge in [-0.25, -0.2) is 15.2 Å². The van der Waals surface area contributed by atoms with E-state index in [1.807, 2.05) is 0 Å². The van der Waals surface area contributed by atoms with Crippen molar-refractivity contribution >= 4 is 6.01 Å². The third-order valence-corrected chi connectivity index (χ3v) is 0.280. The molecule has 7 heavy (non-hydrogen) atoms. The highest BCUT2D eigenvalue weighted by molar-refractivity contribution is 5.37. The molecule has 0 aliphatic heterocycles. The van der Waals surface area contributed by atoms with Crippen LogP contribution in [0.4, 0.5) is 0 Å². The summed E-state index contributed by atoms with van der Waals surface area (Å²) in [6.07, 6.45) is 2.36. The molecule has 0 aliphatic carbocycles. The van der Waals surface area contributed by atoms with Crippen molar-refractivity contribution in [1.82, 2.24) is 0 Å². The molecule has 0 atom stereocenters. The van der Waals surface area contributed by atoms with E-state index in [1.54, 1.807) is 6.01 Å². The average molecular weight is 93.1 g/mol. The minimum atomic E-state index is 1.15. The van der Waals surface area contributed by atoms with Crippen LogP contribution in [0.5, 0.6) is 0 Å². The van der Waals surface area contributed by atoms with Gasteiger partial charge < -0.3 is 0 Å². The lowest BCUT2D eigenvalue weighted by Gasteiger charge is -1.57. The monoisotopic (exact) mass is 93.0 g/mol. The average Bonchev–Trinajstić information content (AvgIpc) is 1.69. The molecule has 0 amide bonds. The van der Waals surface area contributed by atoms with Gasteiger partial charge in [-0.3, -0.25) is 0 Å². The van der Waals surface area contributed by atoms with E-state index >= 15 is 0 Å². The minimum Gasteiger partial charge on any atom is -0.244 e. The van der Waals surface area contributed by atoms with Gasteiger partial charge in [0.25, 0.3) is 0 Å². The second-order valence-electron chi connectivity index (χ2n) is 0.668. The molecule has 0 heterocycles. The highest BCUT2D eigenvalue weighted by Gasteiger charge is 1.53. The van der Waals surface area contributed by atoms with Crippen molar-refractivity contribution in [2.45, 2.75) is 0 Å². The Morgan fingerprint density at radius 1 is 1.86 bits per heavy atom. The summed E-state index contributed by atoms with van der Waals surface area (Å²) < 4.78 is 0. The molecule has 0 rings (SSSR count). The van der Waals surface area contributed by atoms with Crippen LogP contribution in [0.3, 0.4) is 0 Å². The summed E-state index contributed by atoms with van der Waals surface area (Å²) in [5.41, 5.74) is 0. The van der Waals surface area contributed by atoms with Crippen LogP contribution in [0.2, 0.25) is 0 Å². The number of nitrogens with one attached hydrogen (secondary N) is 1. The molecule has 0 aromatic rings. The van der Waals surface area contributed by atoms with E-state index in [-0.39, 0.29) is 0 Å². The van der Waals surface area contributed by atoms with Crippen LogP contribution in [0.1, 0.15) is 0 Å². The summed E-state index contributed by atoms with van der Waals surface area (Å²) in [5.74, 6) is 0. The largest absolute Gasteiger partial charge is 0.244 e. The van der Waals surface area contributed by atoms with Gasteiger partial charge in [0.15, 0.2) is 6.20 Å². The van der Waals surface area contributed by atoms with E-state index in [2.05, 4.69) is 9.84 Å². The highest BCUT2D eigenvalue weighted by atomic mass is 14.7. The number of hydrogen-bond donors (Lipinski definition) is 1. The first-order valence-electron chi connectivity index (χ1n) is 1.55. The van der Waals surface area contributed by atoms with Crippen LogP contribution in [0.15, 0.2) is 17.4 Å². The van der Waals surface area contributed by atoms with Crippen LogP contribution in [-0.4, -0.2) is 6.01 Å². The van der Waals surface area contributed by atoms with E-state index < -0.39 is 0 Å². The molecule has 3 heteroatoms. The standard InChI is InChI=1S/C4H3N3/c1-6-2-3-7-4-5/h2-3,5H/b3-2-. The zero-order valence-electron chi connectivity index (χ0n) is 3.55. The molecule has 0 spiro atoms. The topological polar surface area (TPSA) is 40.6 Å². The lowest BCUT2D eigenvalue weighted by Crippen LogP contribution is -1.42. The number of rotatable bonds is 1. The summed E-state index contributed by atoms with van der Waals surface area (Å²) >= 11 is 0. The predicted molar refractivity (Wildman–Crippen MR) is 25.9 cm³/mol. The quantitative estimate of drug-likeness (QED) is 0.373. The molecule has 3 nitrogen and oxygen atoms in total. The predicted octanol–water partition coefficient (Wildman–Crippen LogP) is 1.13. The Bertz CT molecular complexity index is 145. The van der Waals surface area contributed by atoms with Gasteiger partial charge >= 0.3 is 0 Å². The van der Waals surface area contributed by atoms with Gasteiger partial charge in [-0.2, -0.15) is 0 Å². The lowest BCUT2D eigenvalue weighted by atomic mass is 10.9. The summed E-state index contributed by atoms with van der Waals surface area (Å²) in [4.78, 5) is 6.01. The summed E-state index contributed by atoms with van der Waals surface area (Å²) in [7, 11) is 0. The fraction of sp³-hybridized carbons (Fsp3) is 0. The van der Waals surface area contributed by atoms with Crippen LogP contribution < -0.4 is 0 Å². The van der Waals surface area contributed by atoms with Crippen LogP contribution >= 0.6 is 0 Å². The van der Waals surface area contributed by atoms with Crippen LogP contribution in [0.25, 0.3) is 4.85 Å². The van der Waals surface area contributed by atoms with Gasteiger partial charge in [0.2, 0.25) is 0 Å². The molecule has 0 bridgehead atoms. The van der Waals surface area contributed by atoms with Gasteiger partial charge in [-0.05, 0) is 0 Å². The SMILES string of the molecule is [C-]#[N+]/C=C\N=C=N. The Morgan fingerprint density at radius 2 is 2.57 bits per heavy atom. The molecule has 34 valence electrons. The van der Waals surface area contributed by atoms with Crippen molar-refractivity contribution in [1.29, 1.82) is 5.41 Å². The van der Waals surface area contributed by atoms with E-state index in [0.29, 0.717) is 0 Å². The molecule has 0 radical (unpaired) electrons. The molecular formula is C4H3N3. The lowest BCUT2D eigenvalue weighted by molar-refractivity contribution is 1.50. The summed E-state index contributed by atoms with van der Waals surface area (Å²) in [6, 6.07) is 1.75. The van der Waals surface area contributed by atoms with E-state index in [0.717, 1.165) is 6.20 Å². The number of aliphatic imine (C=N–C) groups is 1. The Balaban J connectivity index is 3.54. The third-order valence-electron chi connectivity index (χ3n) is 0.280. The van der Waals surface area contributed by atoms with E-state index in [4.69, 9.17) is 12.0 Å². The van der Waals surface area contributed by atoms with Gasteiger partial charge in [-0.15, -0.1) is 0 Å². The molecule has 0 saturated carbocycles. The fourth-order valence-electron chi connectivity index (χ4n) is 0.104. The van der Waals surface area contributed by atoms with Crippen molar-refractivity contribution in [2.24, 2.45) is 4.99 Å². The Morgan fingerprint density at radius 3 is 3.00 bits per heavy atom. The van der Waals surface area contributed by atoms with E-state index in [9.17, 15) is 0 Å². The molecule has 0 saturated heterocycles. The van der Waals surface area contributed by atoms with Crippen molar-refractivity contribution < 1.29 is 0 Å². The van der Waals surface area contributed by atoms with Crippen molar-refractivity contribution in [3.63, 3.8) is 0 Å². The third kappa shape index (κ3) is 4.61. The maximum absolute atomic E-state index is 6.21. The molecule has 0 aromatic heterocycles. The Kier molecular flexibility index (Phi) is 3.69. The highest BCUT2D eigenvalue weighted by Crippen LogP contribution is 1.70. The molecule has 0 fully saturated rings. The molecule has 0 unspecified atom stereocenters. The zero-order chi connectivity index (χ0) is 5.54. The van der Waals surface area contributed by atoms with Crippen LogP contribution in [-0.2, 0) is 0 Å². The number of hydrogen-bond acceptors (Lipinski definition) is 2. The maximum Gasteiger partial charge on any atom is 0.172 e. The first kappa shape index (κ1) is 5.61.